The van der Waals surface area contributed by atoms with Gasteiger partial charge in [-0.15, -0.1) is 0 Å². The van der Waals surface area contributed by atoms with Crippen LogP contribution in [0.2, 0.25) is 0 Å². The van der Waals surface area contributed by atoms with E-state index >= 15 is 0 Å². The Balaban J connectivity index is 1.39. The van der Waals surface area contributed by atoms with Gasteiger partial charge >= 0.3 is 0 Å². The second-order valence-corrected chi connectivity index (χ2v) is 9.03. The summed E-state index contributed by atoms with van der Waals surface area (Å²) in [7, 11) is 0. The number of hydrogen-bond donors (Lipinski definition) is 0. The summed E-state index contributed by atoms with van der Waals surface area (Å²) in [5, 5.41) is 0. The predicted molar refractivity (Wildman–Crippen MR) is 121 cm³/mol. The van der Waals surface area contributed by atoms with Gasteiger partial charge in [0.2, 0.25) is 5.82 Å². The molecule has 1 aromatic heterocycles. The lowest BCUT2D eigenvalue weighted by molar-refractivity contribution is 0.0523. The molecule has 0 aliphatic carbocycles. The highest BCUT2D eigenvalue weighted by Gasteiger charge is 2.21. The largest absolute Gasteiger partial charge is 0.381 e. The molecule has 5 nitrogen and oxygen atoms in total. The summed E-state index contributed by atoms with van der Waals surface area (Å²) in [4.78, 5) is 14.1. The van der Waals surface area contributed by atoms with E-state index in [-0.39, 0.29) is 0 Å². The maximum Gasteiger partial charge on any atom is 0.205 e. The van der Waals surface area contributed by atoms with Crippen LogP contribution in [0, 0.1) is 23.7 Å². The van der Waals surface area contributed by atoms with Crippen molar-refractivity contribution in [2.45, 2.75) is 45.6 Å². The smallest absolute Gasteiger partial charge is 0.205 e. The minimum atomic E-state index is 0.457. The van der Waals surface area contributed by atoms with Gasteiger partial charge in [0.1, 0.15) is 0 Å². The fourth-order valence-electron chi connectivity index (χ4n) is 4.52. The maximum absolute atomic E-state index is 5.51. The molecule has 160 valence electrons. The number of hydrogen-bond acceptors (Lipinski definition) is 5. The average molecular weight is 407 g/mol. The van der Waals surface area contributed by atoms with Gasteiger partial charge in [0, 0.05) is 56.2 Å². The van der Waals surface area contributed by atoms with E-state index in [2.05, 4.69) is 58.8 Å². The van der Waals surface area contributed by atoms with Gasteiger partial charge in [-0.2, -0.15) is 0 Å². The first-order valence-electron chi connectivity index (χ1n) is 11.5. The van der Waals surface area contributed by atoms with E-state index in [1.165, 1.54) is 6.54 Å². The standard InChI is InChI=1S/C25H34N4O/c1-20(2)18-28-14-8-21(9-15-28)5-6-25-26-12-7-24(27-25)22-4-3-13-29(19-22)23-10-16-30-17-11-23/h3-4,7,12,19-21,23H,8-11,13-18H2,1-2H3. The SMILES string of the molecule is CC(C)CN1CCC(C#Cc2nccc(C3=CN(C4CCOCC4)CC=C3)n2)CC1. The Labute approximate surface area is 181 Å². The topological polar surface area (TPSA) is 41.5 Å². The molecule has 0 amide bonds. The Morgan fingerprint density at radius 1 is 1.17 bits per heavy atom. The first-order chi connectivity index (χ1) is 14.7. The van der Waals surface area contributed by atoms with Crippen LogP contribution < -0.4 is 0 Å². The van der Waals surface area contributed by atoms with Crippen LogP contribution in [-0.4, -0.2) is 65.2 Å². The number of likely N-dealkylation sites (tertiary alicyclic amines) is 1. The fraction of sp³-hybridized carbons (Fsp3) is 0.600. The Morgan fingerprint density at radius 3 is 2.73 bits per heavy atom. The van der Waals surface area contributed by atoms with Gasteiger partial charge in [-0.25, -0.2) is 9.97 Å². The van der Waals surface area contributed by atoms with Gasteiger partial charge in [0.25, 0.3) is 0 Å². The molecule has 1 aromatic rings. The van der Waals surface area contributed by atoms with Crippen molar-refractivity contribution in [1.29, 1.82) is 0 Å². The van der Waals surface area contributed by atoms with Gasteiger partial charge in [-0.1, -0.05) is 31.9 Å². The lowest BCUT2D eigenvalue weighted by Crippen LogP contribution is -2.37. The normalized spacial score (nSPS) is 21.4. The van der Waals surface area contributed by atoms with E-state index < -0.39 is 0 Å². The summed E-state index contributed by atoms with van der Waals surface area (Å²) in [5.41, 5.74) is 2.09. The number of allylic oxidation sites excluding steroid dienone is 2. The molecule has 30 heavy (non-hydrogen) atoms. The Bertz CT molecular complexity index is 821. The van der Waals surface area contributed by atoms with Crippen molar-refractivity contribution in [3.8, 4) is 11.8 Å². The fourth-order valence-corrected chi connectivity index (χ4v) is 4.52. The molecular weight excluding hydrogens is 372 g/mol. The zero-order valence-electron chi connectivity index (χ0n) is 18.4. The van der Waals surface area contributed by atoms with Crippen LogP contribution in [0.3, 0.4) is 0 Å². The van der Waals surface area contributed by atoms with E-state index in [4.69, 9.17) is 9.72 Å². The van der Waals surface area contributed by atoms with Crippen LogP contribution in [0.25, 0.3) is 5.57 Å². The quantitative estimate of drug-likeness (QED) is 0.715. The summed E-state index contributed by atoms with van der Waals surface area (Å²) in [5.74, 6) is 8.51. The molecule has 4 heterocycles. The summed E-state index contributed by atoms with van der Waals surface area (Å²) in [6, 6.07) is 2.54. The highest BCUT2D eigenvalue weighted by molar-refractivity contribution is 5.72. The minimum absolute atomic E-state index is 0.457. The molecule has 2 saturated heterocycles. The lowest BCUT2D eigenvalue weighted by Gasteiger charge is -2.34. The Kier molecular flexibility index (Phi) is 7.20. The molecule has 0 aromatic carbocycles. The summed E-state index contributed by atoms with van der Waals surface area (Å²) in [6.07, 6.45) is 12.9. The van der Waals surface area contributed by atoms with Gasteiger partial charge < -0.3 is 14.5 Å². The van der Waals surface area contributed by atoms with Crippen LogP contribution in [0.15, 0.2) is 30.6 Å². The molecule has 0 unspecified atom stereocenters. The molecule has 5 heteroatoms. The first-order valence-corrected chi connectivity index (χ1v) is 11.5. The molecule has 3 aliphatic rings. The Morgan fingerprint density at radius 2 is 1.97 bits per heavy atom. The summed E-state index contributed by atoms with van der Waals surface area (Å²) in [6.45, 7) is 10.7. The molecule has 0 spiro atoms. The van der Waals surface area contributed by atoms with Crippen LogP contribution in [0.1, 0.15) is 51.0 Å². The number of nitrogens with zero attached hydrogens (tertiary/aromatic N) is 4. The number of aromatic nitrogens is 2. The molecule has 0 radical (unpaired) electrons. The molecule has 0 saturated carbocycles. The second kappa shape index (κ2) is 10.2. The molecule has 0 atom stereocenters. The second-order valence-electron chi connectivity index (χ2n) is 9.03. The van der Waals surface area contributed by atoms with E-state index in [0.717, 1.165) is 75.7 Å². The molecule has 3 aliphatic heterocycles. The van der Waals surface area contributed by atoms with Crippen molar-refractivity contribution in [3.63, 3.8) is 0 Å². The van der Waals surface area contributed by atoms with Crippen LogP contribution in [-0.2, 0) is 4.74 Å². The van der Waals surface area contributed by atoms with Gasteiger partial charge in [-0.05, 0) is 56.7 Å². The number of ether oxygens (including phenoxy) is 1. The molecular formula is C25H34N4O. The van der Waals surface area contributed by atoms with Crippen molar-refractivity contribution in [1.82, 2.24) is 19.8 Å². The number of piperidine rings is 1. The van der Waals surface area contributed by atoms with E-state index in [1.54, 1.807) is 0 Å². The molecule has 0 N–H and O–H groups in total. The Hall–Kier alpha value is -2.16. The maximum atomic E-state index is 5.51. The zero-order valence-corrected chi connectivity index (χ0v) is 18.4. The van der Waals surface area contributed by atoms with Crippen molar-refractivity contribution >= 4 is 5.57 Å². The van der Waals surface area contributed by atoms with Gasteiger partial charge in [-0.3, -0.25) is 0 Å². The monoisotopic (exact) mass is 406 g/mol. The summed E-state index contributed by atoms with van der Waals surface area (Å²) >= 11 is 0. The average Bonchev–Trinajstić information content (AvgIpc) is 2.79. The summed E-state index contributed by atoms with van der Waals surface area (Å²) < 4.78 is 5.51. The molecule has 2 fully saturated rings. The van der Waals surface area contributed by atoms with Crippen molar-refractivity contribution in [2.75, 3.05) is 39.4 Å². The number of rotatable bonds is 4. The predicted octanol–water partition coefficient (Wildman–Crippen LogP) is 3.59. The minimum Gasteiger partial charge on any atom is -0.381 e. The van der Waals surface area contributed by atoms with Crippen LogP contribution >= 0.6 is 0 Å². The van der Waals surface area contributed by atoms with Crippen LogP contribution in [0.4, 0.5) is 0 Å². The van der Waals surface area contributed by atoms with Gasteiger partial charge in [0.15, 0.2) is 0 Å². The molecule has 4 rings (SSSR count). The van der Waals surface area contributed by atoms with E-state index in [9.17, 15) is 0 Å². The van der Waals surface area contributed by atoms with Gasteiger partial charge in [0.05, 0.1) is 5.69 Å². The third-order valence-corrected chi connectivity index (χ3v) is 6.13. The van der Waals surface area contributed by atoms with Crippen molar-refractivity contribution in [3.05, 3.63) is 42.1 Å². The van der Waals surface area contributed by atoms with Crippen molar-refractivity contribution in [2.24, 2.45) is 11.8 Å². The van der Waals surface area contributed by atoms with Crippen LogP contribution in [0.5, 0.6) is 0 Å². The third kappa shape index (κ3) is 5.71. The molecule has 0 bridgehead atoms. The lowest BCUT2D eigenvalue weighted by atomic mass is 9.97. The van der Waals surface area contributed by atoms with Crippen molar-refractivity contribution < 1.29 is 4.74 Å². The van der Waals surface area contributed by atoms with E-state index in [1.807, 2.05) is 12.3 Å². The highest BCUT2D eigenvalue weighted by Crippen LogP contribution is 2.23. The highest BCUT2D eigenvalue weighted by atomic mass is 16.5. The van der Waals surface area contributed by atoms with E-state index in [0.29, 0.717) is 17.8 Å². The third-order valence-electron chi connectivity index (χ3n) is 6.13. The first kappa shape index (κ1) is 21.1. The zero-order chi connectivity index (χ0) is 20.8.